The Morgan fingerprint density at radius 2 is 1.90 bits per heavy atom. The maximum absolute atomic E-state index is 13.6. The molecule has 0 spiro atoms. The number of benzene rings is 2. The van der Waals surface area contributed by atoms with Crippen molar-refractivity contribution in [1.29, 1.82) is 0 Å². The van der Waals surface area contributed by atoms with Gasteiger partial charge >= 0.3 is 0 Å². The second-order valence-electron chi connectivity index (χ2n) is 6.22. The van der Waals surface area contributed by atoms with Gasteiger partial charge in [-0.1, -0.05) is 30.3 Å². The summed E-state index contributed by atoms with van der Waals surface area (Å²) in [6.07, 6.45) is 1.53. The van der Waals surface area contributed by atoms with Crippen LogP contribution in [0.25, 0.3) is 6.08 Å². The van der Waals surface area contributed by atoms with Crippen LogP contribution < -0.4 is 10.1 Å². The normalized spacial score (nSPS) is 15.1. The van der Waals surface area contributed by atoms with Gasteiger partial charge in [0.05, 0.1) is 18.4 Å². The second-order valence-corrected chi connectivity index (χ2v) is 7.22. The number of carbonyl (C=O) groups excluding carboxylic acids is 3. The molecule has 1 aliphatic rings. The SMILES string of the molecule is COc1ccc(/C=C2/SC(=O)N(CCNC(=O)Cc3ccccc3F)C2=O)cc1. The number of ether oxygens (including phenoxy) is 1. The van der Waals surface area contributed by atoms with Gasteiger partial charge in [0.25, 0.3) is 11.1 Å². The van der Waals surface area contributed by atoms with E-state index in [1.54, 1.807) is 49.6 Å². The summed E-state index contributed by atoms with van der Waals surface area (Å²) in [5.74, 6) is -0.534. The summed E-state index contributed by atoms with van der Waals surface area (Å²) in [5.41, 5.74) is 1.06. The lowest BCUT2D eigenvalue weighted by Gasteiger charge is -2.13. The number of nitrogens with one attached hydrogen (secondary N) is 1. The van der Waals surface area contributed by atoms with Crippen LogP contribution in [-0.4, -0.2) is 42.2 Å². The highest BCUT2D eigenvalue weighted by Gasteiger charge is 2.34. The first kappa shape index (κ1) is 20.6. The van der Waals surface area contributed by atoms with Crippen LogP contribution in [0.3, 0.4) is 0 Å². The van der Waals surface area contributed by atoms with Crippen molar-refractivity contribution in [3.8, 4) is 5.75 Å². The molecular formula is C21H19FN2O4S. The van der Waals surface area contributed by atoms with Gasteiger partial charge in [-0.15, -0.1) is 0 Å². The number of methoxy groups -OCH3 is 1. The van der Waals surface area contributed by atoms with Gasteiger partial charge < -0.3 is 10.1 Å². The number of amides is 3. The highest BCUT2D eigenvalue weighted by molar-refractivity contribution is 8.18. The van der Waals surface area contributed by atoms with Gasteiger partial charge in [-0.3, -0.25) is 19.3 Å². The van der Waals surface area contributed by atoms with Gasteiger partial charge in [-0.2, -0.15) is 0 Å². The van der Waals surface area contributed by atoms with Crippen molar-refractivity contribution in [2.45, 2.75) is 6.42 Å². The van der Waals surface area contributed by atoms with Gasteiger partial charge in [0.15, 0.2) is 0 Å². The van der Waals surface area contributed by atoms with Crippen LogP contribution in [0.4, 0.5) is 9.18 Å². The number of hydrogen-bond acceptors (Lipinski definition) is 5. The van der Waals surface area contributed by atoms with E-state index in [0.717, 1.165) is 22.2 Å². The van der Waals surface area contributed by atoms with Crippen molar-refractivity contribution in [2.24, 2.45) is 0 Å². The molecule has 0 atom stereocenters. The minimum absolute atomic E-state index is 0.0492. The third-order valence-electron chi connectivity index (χ3n) is 4.25. The Bertz CT molecular complexity index is 959. The Balaban J connectivity index is 1.54. The van der Waals surface area contributed by atoms with E-state index in [-0.39, 0.29) is 25.4 Å². The van der Waals surface area contributed by atoms with E-state index in [1.807, 2.05) is 0 Å². The van der Waals surface area contributed by atoms with Gasteiger partial charge in [0.2, 0.25) is 5.91 Å². The summed E-state index contributed by atoms with van der Waals surface area (Å²) < 4.78 is 18.7. The largest absolute Gasteiger partial charge is 0.497 e. The zero-order valence-corrected chi connectivity index (χ0v) is 16.5. The number of thioether (sulfide) groups is 1. The molecule has 1 N–H and O–H groups in total. The van der Waals surface area contributed by atoms with Crippen LogP contribution in [0.1, 0.15) is 11.1 Å². The Morgan fingerprint density at radius 3 is 2.59 bits per heavy atom. The molecule has 1 aliphatic heterocycles. The lowest BCUT2D eigenvalue weighted by molar-refractivity contribution is -0.124. The van der Waals surface area contributed by atoms with Gasteiger partial charge in [-0.25, -0.2) is 4.39 Å². The smallest absolute Gasteiger partial charge is 0.293 e. The predicted octanol–water partition coefficient (Wildman–Crippen LogP) is 3.23. The molecule has 2 aromatic rings. The molecule has 0 saturated carbocycles. The van der Waals surface area contributed by atoms with E-state index in [0.29, 0.717) is 16.2 Å². The Hall–Kier alpha value is -3.13. The van der Waals surface area contributed by atoms with Crippen LogP contribution in [0.2, 0.25) is 0 Å². The average molecular weight is 414 g/mol. The Labute approximate surface area is 171 Å². The minimum Gasteiger partial charge on any atom is -0.497 e. The fraction of sp³-hybridized carbons (Fsp3) is 0.190. The minimum atomic E-state index is -0.447. The molecule has 0 bridgehead atoms. The second kappa shape index (κ2) is 9.38. The van der Waals surface area contributed by atoms with Crippen molar-refractivity contribution in [3.63, 3.8) is 0 Å². The lowest BCUT2D eigenvalue weighted by Crippen LogP contribution is -2.37. The summed E-state index contributed by atoms with van der Waals surface area (Å²) >= 11 is 0.855. The van der Waals surface area contributed by atoms with Crippen LogP contribution in [0.15, 0.2) is 53.4 Å². The van der Waals surface area contributed by atoms with Gasteiger partial charge in [0.1, 0.15) is 11.6 Å². The molecule has 6 nitrogen and oxygen atoms in total. The fourth-order valence-corrected chi connectivity index (χ4v) is 3.59. The molecule has 1 fully saturated rings. The topological polar surface area (TPSA) is 75.7 Å². The van der Waals surface area contributed by atoms with E-state index >= 15 is 0 Å². The van der Waals surface area contributed by atoms with Crippen molar-refractivity contribution < 1.29 is 23.5 Å². The summed E-state index contributed by atoms with van der Waals surface area (Å²) in [6.45, 7) is 0.148. The first-order valence-electron chi connectivity index (χ1n) is 8.87. The number of nitrogens with zero attached hydrogens (tertiary/aromatic N) is 1. The predicted molar refractivity (Wildman–Crippen MR) is 109 cm³/mol. The molecule has 8 heteroatoms. The van der Waals surface area contributed by atoms with Crippen molar-refractivity contribution in [1.82, 2.24) is 10.2 Å². The van der Waals surface area contributed by atoms with Crippen LogP contribution in [0, 0.1) is 5.82 Å². The molecule has 0 aromatic heterocycles. The third kappa shape index (κ3) is 5.23. The molecule has 1 heterocycles. The van der Waals surface area contributed by atoms with E-state index in [1.165, 1.54) is 12.1 Å². The summed E-state index contributed by atoms with van der Waals surface area (Å²) in [6, 6.07) is 13.1. The fourth-order valence-electron chi connectivity index (χ4n) is 2.73. The molecule has 3 rings (SSSR count). The molecule has 29 heavy (non-hydrogen) atoms. The van der Waals surface area contributed by atoms with Gasteiger partial charge in [0, 0.05) is 13.1 Å². The van der Waals surface area contributed by atoms with Crippen molar-refractivity contribution in [3.05, 3.63) is 70.4 Å². The number of rotatable bonds is 7. The van der Waals surface area contributed by atoms with E-state index in [2.05, 4.69) is 5.32 Å². The van der Waals surface area contributed by atoms with Crippen LogP contribution in [0.5, 0.6) is 5.75 Å². The van der Waals surface area contributed by atoms with Crippen LogP contribution in [-0.2, 0) is 16.0 Å². The number of hydrogen-bond donors (Lipinski definition) is 1. The highest BCUT2D eigenvalue weighted by atomic mass is 32.2. The first-order valence-corrected chi connectivity index (χ1v) is 9.69. The molecule has 1 saturated heterocycles. The maximum atomic E-state index is 13.6. The Kier molecular flexibility index (Phi) is 6.66. The van der Waals surface area contributed by atoms with Crippen molar-refractivity contribution in [2.75, 3.05) is 20.2 Å². The quantitative estimate of drug-likeness (QED) is 0.704. The molecular weight excluding hydrogens is 395 g/mol. The third-order valence-corrected chi connectivity index (χ3v) is 5.16. The molecule has 150 valence electrons. The maximum Gasteiger partial charge on any atom is 0.293 e. The monoisotopic (exact) mass is 414 g/mol. The summed E-state index contributed by atoms with van der Waals surface area (Å²) in [4.78, 5) is 38.0. The van der Waals surface area contributed by atoms with E-state index < -0.39 is 17.0 Å². The molecule has 0 radical (unpaired) electrons. The average Bonchev–Trinajstić information content (AvgIpc) is 2.97. The van der Waals surface area contributed by atoms with E-state index in [9.17, 15) is 18.8 Å². The number of imide groups is 1. The first-order chi connectivity index (χ1) is 14.0. The molecule has 0 aliphatic carbocycles. The zero-order valence-electron chi connectivity index (χ0n) is 15.7. The van der Waals surface area contributed by atoms with Crippen LogP contribution >= 0.6 is 11.8 Å². The lowest BCUT2D eigenvalue weighted by atomic mass is 10.1. The summed E-state index contributed by atoms with van der Waals surface area (Å²) in [7, 11) is 1.56. The number of halogens is 1. The van der Waals surface area contributed by atoms with E-state index in [4.69, 9.17) is 4.74 Å². The zero-order chi connectivity index (χ0) is 20.8. The number of carbonyl (C=O) groups is 3. The Morgan fingerprint density at radius 1 is 1.17 bits per heavy atom. The van der Waals surface area contributed by atoms with Crippen molar-refractivity contribution >= 4 is 34.9 Å². The van der Waals surface area contributed by atoms with Gasteiger partial charge in [-0.05, 0) is 47.2 Å². The molecule has 2 aromatic carbocycles. The summed E-state index contributed by atoms with van der Waals surface area (Å²) in [5, 5.41) is 2.22. The molecule has 3 amide bonds. The molecule has 0 unspecified atom stereocenters. The highest BCUT2D eigenvalue weighted by Crippen LogP contribution is 2.32. The standard InChI is InChI=1S/C21H19FN2O4S/c1-28-16-8-6-14(7-9-16)12-18-20(26)24(21(27)29-18)11-10-23-19(25)13-15-4-2-3-5-17(15)22/h2-9,12H,10-11,13H2,1H3,(H,23,25)/b18-12+.